The molecule has 0 N–H and O–H groups in total. The van der Waals surface area contributed by atoms with Crippen LogP contribution >= 0.6 is 0 Å². The van der Waals surface area contributed by atoms with Gasteiger partial charge in [0.25, 0.3) is 0 Å². The molecule has 3 heteroatoms. The molecule has 0 saturated heterocycles. The molecule has 2 aromatic rings. The Labute approximate surface area is 156 Å². The van der Waals surface area contributed by atoms with Crippen molar-refractivity contribution in [1.82, 2.24) is 10.1 Å². The summed E-state index contributed by atoms with van der Waals surface area (Å²) in [6, 6.07) is 9.71. The van der Waals surface area contributed by atoms with Crippen molar-refractivity contribution in [3.8, 4) is 0 Å². The van der Waals surface area contributed by atoms with E-state index in [0.29, 0.717) is 17.4 Å². The summed E-state index contributed by atoms with van der Waals surface area (Å²) in [5.74, 6) is 1.83. The Balaban J connectivity index is 1.40. The van der Waals surface area contributed by atoms with Gasteiger partial charge in [-0.25, -0.2) is 0 Å². The summed E-state index contributed by atoms with van der Waals surface area (Å²) in [5, 5.41) is 4.14. The molecular formula is C23H30N2O. The van der Waals surface area contributed by atoms with Crippen LogP contribution in [-0.2, 0) is 24.8 Å². The van der Waals surface area contributed by atoms with E-state index >= 15 is 0 Å². The Morgan fingerprint density at radius 2 is 1.88 bits per heavy atom. The number of benzene rings is 1. The summed E-state index contributed by atoms with van der Waals surface area (Å²) >= 11 is 0. The quantitative estimate of drug-likeness (QED) is 0.744. The third-order valence-corrected chi connectivity index (χ3v) is 7.70. The maximum Gasteiger partial charge on any atom is 0.145 e. The molecule has 1 saturated carbocycles. The molecule has 3 nitrogen and oxygen atoms in total. The van der Waals surface area contributed by atoms with E-state index in [-0.39, 0.29) is 5.41 Å². The second-order valence-electron chi connectivity index (χ2n) is 9.71. The first kappa shape index (κ1) is 16.6. The van der Waals surface area contributed by atoms with E-state index in [1.807, 2.05) is 6.20 Å². The van der Waals surface area contributed by atoms with E-state index < -0.39 is 0 Å². The van der Waals surface area contributed by atoms with Gasteiger partial charge in [-0.15, -0.1) is 0 Å². The topological polar surface area (TPSA) is 29.3 Å². The van der Waals surface area contributed by atoms with Crippen molar-refractivity contribution in [2.24, 2.45) is 11.3 Å². The van der Waals surface area contributed by atoms with Gasteiger partial charge in [-0.05, 0) is 54.6 Å². The lowest BCUT2D eigenvalue weighted by Gasteiger charge is -2.55. The van der Waals surface area contributed by atoms with E-state index in [4.69, 9.17) is 4.52 Å². The normalized spacial score (nSPS) is 33.2. The van der Waals surface area contributed by atoms with Crippen molar-refractivity contribution < 1.29 is 4.52 Å². The van der Waals surface area contributed by atoms with Crippen LogP contribution in [0.1, 0.15) is 62.5 Å². The van der Waals surface area contributed by atoms with Crippen LogP contribution in [-0.4, -0.2) is 22.6 Å². The Kier molecular flexibility index (Phi) is 3.62. The van der Waals surface area contributed by atoms with Crippen LogP contribution in [0.25, 0.3) is 0 Å². The maximum absolute atomic E-state index is 5.69. The molecule has 138 valence electrons. The van der Waals surface area contributed by atoms with Gasteiger partial charge < -0.3 is 4.52 Å². The number of nitrogens with zero attached hydrogens (tertiary/aromatic N) is 2. The zero-order chi connectivity index (χ0) is 17.9. The lowest BCUT2D eigenvalue weighted by atomic mass is 9.51. The minimum absolute atomic E-state index is 0.0955. The average Bonchev–Trinajstić information content (AvgIpc) is 3.09. The molecule has 3 aliphatic rings. The molecule has 1 aromatic carbocycles. The highest BCUT2D eigenvalue weighted by Gasteiger charge is 2.54. The molecule has 0 radical (unpaired) electrons. The fraction of sp³-hybridized carbons (Fsp3) is 0.609. The molecule has 1 aliphatic heterocycles. The summed E-state index contributed by atoms with van der Waals surface area (Å²) in [4.78, 5) is 2.76. The molecule has 0 spiro atoms. The second kappa shape index (κ2) is 5.69. The third-order valence-electron chi connectivity index (χ3n) is 7.70. The fourth-order valence-electron chi connectivity index (χ4n) is 6.57. The molecule has 2 aliphatic carbocycles. The highest BCUT2D eigenvalue weighted by Crippen LogP contribution is 2.57. The van der Waals surface area contributed by atoms with Crippen molar-refractivity contribution in [3.05, 3.63) is 52.9 Å². The Morgan fingerprint density at radius 1 is 1.08 bits per heavy atom. The maximum atomic E-state index is 5.69. The first-order valence-electron chi connectivity index (χ1n) is 10.2. The first-order chi connectivity index (χ1) is 12.5. The highest BCUT2D eigenvalue weighted by atomic mass is 16.5. The molecule has 1 fully saturated rings. The van der Waals surface area contributed by atoms with Gasteiger partial charge in [-0.2, -0.15) is 0 Å². The fourth-order valence-corrected chi connectivity index (χ4v) is 6.57. The van der Waals surface area contributed by atoms with Crippen LogP contribution in [0.3, 0.4) is 0 Å². The number of rotatable bonds is 1. The molecule has 5 rings (SSSR count). The van der Waals surface area contributed by atoms with E-state index in [2.05, 4.69) is 55.1 Å². The molecule has 26 heavy (non-hydrogen) atoms. The van der Waals surface area contributed by atoms with Crippen molar-refractivity contribution in [2.45, 2.75) is 70.9 Å². The van der Waals surface area contributed by atoms with Gasteiger partial charge in [0.15, 0.2) is 0 Å². The number of hydrogen-bond acceptors (Lipinski definition) is 3. The average molecular weight is 351 g/mol. The van der Waals surface area contributed by atoms with Crippen molar-refractivity contribution in [2.75, 3.05) is 6.54 Å². The van der Waals surface area contributed by atoms with Crippen LogP contribution in [0.2, 0.25) is 0 Å². The Hall–Kier alpha value is -1.61. The predicted octanol–water partition coefficient (Wildman–Crippen LogP) is 4.74. The van der Waals surface area contributed by atoms with Crippen LogP contribution in [0.5, 0.6) is 0 Å². The van der Waals surface area contributed by atoms with Crippen molar-refractivity contribution in [3.63, 3.8) is 0 Å². The third kappa shape index (κ3) is 2.40. The number of hydrogen-bond donors (Lipinski definition) is 0. The molecule has 3 atom stereocenters. The smallest absolute Gasteiger partial charge is 0.145 e. The van der Waals surface area contributed by atoms with E-state index in [9.17, 15) is 0 Å². The second-order valence-corrected chi connectivity index (χ2v) is 9.71. The largest absolute Gasteiger partial charge is 0.361 e. The van der Waals surface area contributed by atoms with Crippen LogP contribution in [0.15, 0.2) is 35.0 Å². The van der Waals surface area contributed by atoms with Crippen LogP contribution < -0.4 is 0 Å². The van der Waals surface area contributed by atoms with Crippen LogP contribution in [0.4, 0.5) is 0 Å². The molecule has 1 aromatic heterocycles. The summed E-state index contributed by atoms with van der Waals surface area (Å²) < 4.78 is 5.69. The molecule has 0 bridgehead atoms. The van der Waals surface area contributed by atoms with Gasteiger partial charge in [0.05, 0.1) is 6.20 Å². The van der Waals surface area contributed by atoms with E-state index in [0.717, 1.165) is 18.7 Å². The SMILES string of the molecule is CC1(C)c2oncc2C[C@]2(C)C[C@@H](N3CCc4ccccc4C3)CC[C@@H]12. The minimum Gasteiger partial charge on any atom is -0.361 e. The molecule has 2 heterocycles. The zero-order valence-corrected chi connectivity index (χ0v) is 16.3. The van der Waals surface area contributed by atoms with E-state index in [1.54, 1.807) is 5.56 Å². The predicted molar refractivity (Wildman–Crippen MR) is 103 cm³/mol. The zero-order valence-electron chi connectivity index (χ0n) is 16.3. The monoisotopic (exact) mass is 350 g/mol. The lowest BCUT2D eigenvalue weighted by Crippen LogP contribution is -2.54. The Bertz CT molecular complexity index is 823. The lowest BCUT2D eigenvalue weighted by molar-refractivity contribution is -0.0190. The van der Waals surface area contributed by atoms with Crippen LogP contribution in [0, 0.1) is 11.3 Å². The summed E-state index contributed by atoms with van der Waals surface area (Å²) in [5.41, 5.74) is 4.88. The van der Waals surface area contributed by atoms with Crippen molar-refractivity contribution >= 4 is 0 Å². The summed E-state index contributed by atoms with van der Waals surface area (Å²) in [6.45, 7) is 9.61. The summed E-state index contributed by atoms with van der Waals surface area (Å²) in [7, 11) is 0. The number of fused-ring (bicyclic) bond motifs is 3. The first-order valence-corrected chi connectivity index (χ1v) is 10.2. The van der Waals surface area contributed by atoms with E-state index in [1.165, 1.54) is 43.4 Å². The van der Waals surface area contributed by atoms with Gasteiger partial charge in [0.1, 0.15) is 5.76 Å². The van der Waals surface area contributed by atoms with Gasteiger partial charge in [0, 0.05) is 30.1 Å². The van der Waals surface area contributed by atoms with Gasteiger partial charge in [-0.1, -0.05) is 50.2 Å². The minimum atomic E-state index is 0.0955. The Morgan fingerprint density at radius 3 is 2.73 bits per heavy atom. The van der Waals surface area contributed by atoms with Gasteiger partial charge in [-0.3, -0.25) is 4.90 Å². The molecular weight excluding hydrogens is 320 g/mol. The molecule has 0 unspecified atom stereocenters. The number of aromatic nitrogens is 1. The summed E-state index contributed by atoms with van der Waals surface area (Å²) in [6.07, 6.45) is 8.21. The highest BCUT2D eigenvalue weighted by molar-refractivity contribution is 5.31. The molecule has 0 amide bonds. The van der Waals surface area contributed by atoms with Gasteiger partial charge in [0.2, 0.25) is 0 Å². The standard InChI is InChI=1S/C23H30N2O/c1-22(2)20-9-8-19(13-23(20,3)12-18-14-24-26-21(18)22)25-11-10-16-6-4-5-7-17(16)15-25/h4-7,14,19-20H,8-13,15H2,1-3H3/t19-,20-,23+/m0/s1. The van der Waals surface area contributed by atoms with Crippen molar-refractivity contribution in [1.29, 1.82) is 0 Å². The van der Waals surface area contributed by atoms with Gasteiger partial charge >= 0.3 is 0 Å².